The van der Waals surface area contributed by atoms with Crippen LogP contribution in [0.1, 0.15) is 6.92 Å². The minimum atomic E-state index is -0.237. The second-order valence-corrected chi connectivity index (χ2v) is 6.29. The van der Waals surface area contributed by atoms with Crippen molar-refractivity contribution >= 4 is 38.4 Å². The van der Waals surface area contributed by atoms with Crippen LogP contribution in [0.25, 0.3) is 27.1 Å². The maximum absolute atomic E-state index is 11.6. The molecule has 120 valence electrons. The molecule has 0 radical (unpaired) electrons. The van der Waals surface area contributed by atoms with Crippen LogP contribution in [0.15, 0.2) is 48.8 Å². The number of amides is 2. The zero-order valence-corrected chi connectivity index (χ0v) is 13.8. The Hall–Kier alpha value is -2.93. The Morgan fingerprint density at radius 1 is 1.29 bits per heavy atom. The number of nitrogens with zero attached hydrogens (tertiary/aromatic N) is 3. The quantitative estimate of drug-likeness (QED) is 0.598. The van der Waals surface area contributed by atoms with Crippen LogP contribution in [-0.4, -0.2) is 26.9 Å². The number of fused-ring (bicyclic) bond motifs is 2. The van der Waals surface area contributed by atoms with E-state index >= 15 is 0 Å². The number of hydrogen-bond acceptors (Lipinski definition) is 4. The van der Waals surface area contributed by atoms with E-state index in [9.17, 15) is 4.79 Å². The predicted molar refractivity (Wildman–Crippen MR) is 96.5 cm³/mol. The molecule has 6 nitrogen and oxygen atoms in total. The summed E-state index contributed by atoms with van der Waals surface area (Å²) in [4.78, 5) is 20.5. The van der Waals surface area contributed by atoms with E-state index in [0.717, 1.165) is 27.1 Å². The van der Waals surface area contributed by atoms with Crippen LogP contribution in [0.3, 0.4) is 0 Å². The zero-order chi connectivity index (χ0) is 16.5. The number of carbonyl (C=O) groups excluding carboxylic acids is 1. The Morgan fingerprint density at radius 2 is 2.21 bits per heavy atom. The fourth-order valence-corrected chi connectivity index (χ4v) is 3.43. The third-order valence-electron chi connectivity index (χ3n) is 3.66. The van der Waals surface area contributed by atoms with Gasteiger partial charge in [-0.25, -0.2) is 14.8 Å². The van der Waals surface area contributed by atoms with Gasteiger partial charge in [-0.1, -0.05) is 23.5 Å². The highest BCUT2D eigenvalue weighted by Crippen LogP contribution is 2.30. The van der Waals surface area contributed by atoms with Crippen LogP contribution >= 0.6 is 11.3 Å². The Kier molecular flexibility index (Phi) is 3.62. The predicted octanol–water partition coefficient (Wildman–Crippen LogP) is 3.75. The summed E-state index contributed by atoms with van der Waals surface area (Å²) < 4.78 is 3.07. The number of pyridine rings is 1. The van der Waals surface area contributed by atoms with Gasteiger partial charge in [-0.3, -0.25) is 9.72 Å². The highest BCUT2D eigenvalue weighted by Gasteiger charge is 2.10. The lowest BCUT2D eigenvalue weighted by molar-refractivity contribution is 0.252. The second kappa shape index (κ2) is 5.93. The summed E-state index contributed by atoms with van der Waals surface area (Å²) in [5.74, 6) is 0. The van der Waals surface area contributed by atoms with E-state index in [1.807, 2.05) is 60.1 Å². The van der Waals surface area contributed by atoms with Gasteiger partial charge < -0.3 is 5.32 Å². The molecule has 0 unspecified atom stereocenters. The molecule has 0 bridgehead atoms. The van der Waals surface area contributed by atoms with Gasteiger partial charge in [0.1, 0.15) is 5.65 Å². The second-order valence-electron chi connectivity index (χ2n) is 5.26. The van der Waals surface area contributed by atoms with Crippen molar-refractivity contribution in [2.45, 2.75) is 6.92 Å². The molecule has 0 spiro atoms. The third kappa shape index (κ3) is 2.59. The van der Waals surface area contributed by atoms with Crippen molar-refractivity contribution in [2.24, 2.45) is 0 Å². The molecule has 1 aromatic carbocycles. The standard InChI is InChI=1S/C17H15N5OS/c1-2-18-16(23)21-17-20-12-9-11(6-7-14(12)24-17)13-10-19-15-5-3-4-8-22(13)15/h3-10H,2H2,1H3,(H2,18,20,21,23). The summed E-state index contributed by atoms with van der Waals surface area (Å²) in [5.41, 5.74) is 3.81. The minimum absolute atomic E-state index is 0.237. The number of thiazole rings is 1. The summed E-state index contributed by atoms with van der Waals surface area (Å²) in [6.45, 7) is 2.45. The molecule has 7 heteroatoms. The molecule has 0 saturated heterocycles. The number of rotatable bonds is 3. The number of aromatic nitrogens is 3. The monoisotopic (exact) mass is 337 g/mol. The first-order valence-electron chi connectivity index (χ1n) is 7.62. The minimum Gasteiger partial charge on any atom is -0.338 e. The van der Waals surface area contributed by atoms with Crippen molar-refractivity contribution in [3.8, 4) is 11.3 Å². The van der Waals surface area contributed by atoms with Gasteiger partial charge in [0.2, 0.25) is 0 Å². The molecule has 0 saturated carbocycles. The fraction of sp³-hybridized carbons (Fsp3) is 0.118. The van der Waals surface area contributed by atoms with Gasteiger partial charge in [-0.05, 0) is 31.2 Å². The fourth-order valence-electron chi connectivity index (χ4n) is 2.59. The van der Waals surface area contributed by atoms with Gasteiger partial charge in [-0.2, -0.15) is 0 Å². The Labute approximate surface area is 142 Å². The topological polar surface area (TPSA) is 71.3 Å². The van der Waals surface area contributed by atoms with E-state index in [2.05, 4.69) is 20.6 Å². The molecular formula is C17H15N5OS. The number of urea groups is 1. The van der Waals surface area contributed by atoms with E-state index < -0.39 is 0 Å². The zero-order valence-electron chi connectivity index (χ0n) is 13.0. The smallest absolute Gasteiger partial charge is 0.321 e. The molecule has 0 fully saturated rings. The van der Waals surface area contributed by atoms with Crippen LogP contribution < -0.4 is 10.6 Å². The van der Waals surface area contributed by atoms with Crippen molar-refractivity contribution in [3.05, 3.63) is 48.8 Å². The molecule has 0 aliphatic heterocycles. The first-order chi connectivity index (χ1) is 11.7. The summed E-state index contributed by atoms with van der Waals surface area (Å²) >= 11 is 1.46. The average Bonchev–Trinajstić information content (AvgIpc) is 3.17. The van der Waals surface area contributed by atoms with Crippen molar-refractivity contribution in [2.75, 3.05) is 11.9 Å². The third-order valence-corrected chi connectivity index (χ3v) is 4.61. The van der Waals surface area contributed by atoms with Crippen LogP contribution in [-0.2, 0) is 0 Å². The lowest BCUT2D eigenvalue weighted by Crippen LogP contribution is -2.28. The van der Waals surface area contributed by atoms with E-state index in [4.69, 9.17) is 0 Å². The van der Waals surface area contributed by atoms with Crippen LogP contribution in [0.5, 0.6) is 0 Å². The first-order valence-corrected chi connectivity index (χ1v) is 8.44. The molecule has 2 N–H and O–H groups in total. The molecule has 2 amide bonds. The van der Waals surface area contributed by atoms with Crippen molar-refractivity contribution in [1.29, 1.82) is 0 Å². The number of hydrogen-bond donors (Lipinski definition) is 2. The molecule has 0 atom stereocenters. The summed E-state index contributed by atoms with van der Waals surface area (Å²) in [7, 11) is 0. The Balaban J connectivity index is 1.72. The average molecular weight is 337 g/mol. The SMILES string of the molecule is CCNC(=O)Nc1nc2cc(-c3cnc4ccccn34)ccc2s1. The highest BCUT2D eigenvalue weighted by molar-refractivity contribution is 7.22. The number of anilines is 1. The van der Waals surface area contributed by atoms with E-state index in [0.29, 0.717) is 11.7 Å². The number of benzene rings is 1. The normalized spacial score (nSPS) is 11.0. The van der Waals surface area contributed by atoms with Gasteiger partial charge in [-0.15, -0.1) is 0 Å². The Bertz CT molecular complexity index is 1040. The molecule has 24 heavy (non-hydrogen) atoms. The van der Waals surface area contributed by atoms with Crippen LogP contribution in [0.2, 0.25) is 0 Å². The van der Waals surface area contributed by atoms with Gasteiger partial charge >= 0.3 is 6.03 Å². The first kappa shape index (κ1) is 14.6. The number of nitrogens with one attached hydrogen (secondary N) is 2. The lowest BCUT2D eigenvalue weighted by Gasteiger charge is -2.01. The molecule has 0 aliphatic carbocycles. The van der Waals surface area contributed by atoms with Crippen LogP contribution in [0, 0.1) is 0 Å². The molecule has 0 aliphatic rings. The summed E-state index contributed by atoms with van der Waals surface area (Å²) in [6, 6.07) is 11.8. The van der Waals surface area contributed by atoms with Gasteiger partial charge in [0.05, 0.1) is 22.1 Å². The van der Waals surface area contributed by atoms with Gasteiger partial charge in [0.15, 0.2) is 5.13 Å². The summed E-state index contributed by atoms with van der Waals surface area (Å²) in [6.07, 6.45) is 3.85. The van der Waals surface area contributed by atoms with Crippen LogP contribution in [0.4, 0.5) is 9.93 Å². The lowest BCUT2D eigenvalue weighted by atomic mass is 10.1. The molecule has 4 rings (SSSR count). The largest absolute Gasteiger partial charge is 0.338 e. The number of carbonyl (C=O) groups is 1. The van der Waals surface area contributed by atoms with E-state index in [-0.39, 0.29) is 6.03 Å². The van der Waals surface area contributed by atoms with Crippen molar-refractivity contribution in [3.63, 3.8) is 0 Å². The Morgan fingerprint density at radius 3 is 3.08 bits per heavy atom. The van der Waals surface area contributed by atoms with Crippen molar-refractivity contribution < 1.29 is 4.79 Å². The molecule has 4 aromatic rings. The van der Waals surface area contributed by atoms with Gasteiger partial charge in [0, 0.05) is 18.3 Å². The van der Waals surface area contributed by atoms with Crippen molar-refractivity contribution in [1.82, 2.24) is 19.7 Å². The number of imidazole rings is 1. The highest BCUT2D eigenvalue weighted by atomic mass is 32.1. The molecular weight excluding hydrogens is 322 g/mol. The maximum Gasteiger partial charge on any atom is 0.321 e. The van der Waals surface area contributed by atoms with Gasteiger partial charge in [0.25, 0.3) is 0 Å². The van der Waals surface area contributed by atoms with E-state index in [1.165, 1.54) is 11.3 Å². The molecule has 3 heterocycles. The van der Waals surface area contributed by atoms with E-state index in [1.54, 1.807) is 0 Å². The molecule has 3 aromatic heterocycles. The summed E-state index contributed by atoms with van der Waals surface area (Å²) in [5, 5.41) is 6.04. The maximum atomic E-state index is 11.6.